The highest BCUT2D eigenvalue weighted by atomic mass is 16.6. The number of nitro benzene ring substituents is 1. The number of benzene rings is 1. The molecule has 110 valence electrons. The van der Waals surface area contributed by atoms with Crippen molar-refractivity contribution >= 4 is 17.3 Å². The minimum atomic E-state index is -0.597. The van der Waals surface area contributed by atoms with Gasteiger partial charge in [0.05, 0.1) is 17.2 Å². The minimum Gasteiger partial charge on any atom is -0.398 e. The summed E-state index contributed by atoms with van der Waals surface area (Å²) in [6, 6.07) is 7.97. The highest BCUT2D eigenvalue weighted by Crippen LogP contribution is 2.25. The van der Waals surface area contributed by atoms with Crippen molar-refractivity contribution in [1.82, 2.24) is 9.47 Å². The summed E-state index contributed by atoms with van der Waals surface area (Å²) >= 11 is 0. The summed E-state index contributed by atoms with van der Waals surface area (Å²) in [5, 5.41) is 11.0. The molecule has 7 heteroatoms. The third kappa shape index (κ3) is 2.86. The molecule has 1 aromatic carbocycles. The van der Waals surface area contributed by atoms with Crippen LogP contribution in [0.5, 0.6) is 0 Å². The molecule has 0 saturated carbocycles. The van der Waals surface area contributed by atoms with Crippen LogP contribution in [0.25, 0.3) is 0 Å². The Hall–Kier alpha value is -2.83. The SMILES string of the molecule is CN(Cc1cccn1C)C(=O)c1c(N)cccc1[N+](=O)[O-]. The van der Waals surface area contributed by atoms with Crippen LogP contribution in [-0.4, -0.2) is 27.3 Å². The second kappa shape index (κ2) is 5.66. The number of carbonyl (C=O) groups is 1. The van der Waals surface area contributed by atoms with E-state index in [1.54, 1.807) is 7.05 Å². The van der Waals surface area contributed by atoms with Crippen LogP contribution in [0.4, 0.5) is 11.4 Å². The monoisotopic (exact) mass is 288 g/mol. The first-order chi connectivity index (χ1) is 9.91. The van der Waals surface area contributed by atoms with Gasteiger partial charge in [-0.2, -0.15) is 0 Å². The molecule has 0 aliphatic rings. The zero-order valence-corrected chi connectivity index (χ0v) is 11.8. The molecule has 0 atom stereocenters. The maximum Gasteiger partial charge on any atom is 0.284 e. The molecule has 1 heterocycles. The Balaban J connectivity index is 2.32. The van der Waals surface area contributed by atoms with Crippen molar-refractivity contribution in [3.63, 3.8) is 0 Å². The summed E-state index contributed by atoms with van der Waals surface area (Å²) in [5.41, 5.74) is 6.42. The zero-order chi connectivity index (χ0) is 15.6. The van der Waals surface area contributed by atoms with Crippen LogP contribution < -0.4 is 5.73 Å². The Kier molecular flexibility index (Phi) is 3.93. The normalized spacial score (nSPS) is 10.4. The third-order valence-corrected chi connectivity index (χ3v) is 3.28. The summed E-state index contributed by atoms with van der Waals surface area (Å²) < 4.78 is 1.88. The molecule has 2 aromatic rings. The van der Waals surface area contributed by atoms with Crippen LogP contribution in [0.3, 0.4) is 0 Å². The molecule has 0 aliphatic carbocycles. The number of carbonyl (C=O) groups excluding carboxylic acids is 1. The van der Waals surface area contributed by atoms with Gasteiger partial charge in [0, 0.05) is 32.1 Å². The van der Waals surface area contributed by atoms with Gasteiger partial charge in [0.15, 0.2) is 0 Å². The van der Waals surface area contributed by atoms with Crippen molar-refractivity contribution in [2.24, 2.45) is 7.05 Å². The van der Waals surface area contributed by atoms with Crippen LogP contribution in [0.15, 0.2) is 36.5 Å². The summed E-state index contributed by atoms with van der Waals surface area (Å²) in [6.07, 6.45) is 1.87. The number of hydrogen-bond donors (Lipinski definition) is 1. The van der Waals surface area contributed by atoms with Gasteiger partial charge in [-0.05, 0) is 18.2 Å². The first kappa shape index (κ1) is 14.6. The van der Waals surface area contributed by atoms with Gasteiger partial charge in [0.1, 0.15) is 5.56 Å². The maximum atomic E-state index is 12.5. The van der Waals surface area contributed by atoms with Crippen LogP contribution in [0.1, 0.15) is 16.1 Å². The molecule has 0 saturated heterocycles. The zero-order valence-electron chi connectivity index (χ0n) is 11.8. The first-order valence-corrected chi connectivity index (χ1v) is 6.30. The molecule has 0 radical (unpaired) electrons. The second-order valence-corrected chi connectivity index (χ2v) is 4.77. The smallest absolute Gasteiger partial charge is 0.284 e. The van der Waals surface area contributed by atoms with E-state index < -0.39 is 10.8 Å². The lowest BCUT2D eigenvalue weighted by molar-refractivity contribution is -0.385. The van der Waals surface area contributed by atoms with Crippen LogP contribution in [0.2, 0.25) is 0 Å². The molecule has 1 amide bonds. The fourth-order valence-corrected chi connectivity index (χ4v) is 2.11. The topological polar surface area (TPSA) is 94.4 Å². The van der Waals surface area contributed by atoms with Gasteiger partial charge >= 0.3 is 0 Å². The maximum absolute atomic E-state index is 12.5. The van der Waals surface area contributed by atoms with E-state index in [0.717, 1.165) is 5.69 Å². The molecule has 2 N–H and O–H groups in total. The molecule has 1 aromatic heterocycles. The summed E-state index contributed by atoms with van der Waals surface area (Å²) in [5.74, 6) is -0.471. The highest BCUT2D eigenvalue weighted by Gasteiger charge is 2.25. The Bertz CT molecular complexity index is 693. The molecular weight excluding hydrogens is 272 g/mol. The number of anilines is 1. The van der Waals surface area contributed by atoms with E-state index >= 15 is 0 Å². The van der Waals surface area contributed by atoms with Crippen molar-refractivity contribution in [2.45, 2.75) is 6.54 Å². The number of nitrogen functional groups attached to an aromatic ring is 1. The summed E-state index contributed by atoms with van der Waals surface area (Å²) in [4.78, 5) is 24.3. The molecular formula is C14H16N4O3. The molecule has 7 nitrogen and oxygen atoms in total. The lowest BCUT2D eigenvalue weighted by Crippen LogP contribution is -2.28. The van der Waals surface area contributed by atoms with Gasteiger partial charge in [-0.25, -0.2) is 0 Å². The largest absolute Gasteiger partial charge is 0.398 e. The number of rotatable bonds is 4. The lowest BCUT2D eigenvalue weighted by atomic mass is 10.1. The second-order valence-electron chi connectivity index (χ2n) is 4.77. The van der Waals surface area contributed by atoms with Crippen molar-refractivity contribution in [2.75, 3.05) is 12.8 Å². The van der Waals surface area contributed by atoms with Crippen LogP contribution >= 0.6 is 0 Å². The molecule has 0 fully saturated rings. The highest BCUT2D eigenvalue weighted by molar-refractivity contribution is 6.02. The predicted octanol–water partition coefficient (Wildman–Crippen LogP) is 1.79. The van der Waals surface area contributed by atoms with Crippen LogP contribution in [0, 0.1) is 10.1 Å². The average molecular weight is 288 g/mol. The van der Waals surface area contributed by atoms with E-state index in [9.17, 15) is 14.9 Å². The van der Waals surface area contributed by atoms with E-state index in [2.05, 4.69) is 0 Å². The Morgan fingerprint density at radius 2 is 2.10 bits per heavy atom. The fraction of sp³-hybridized carbons (Fsp3) is 0.214. The fourth-order valence-electron chi connectivity index (χ4n) is 2.11. The number of nitrogens with zero attached hydrogens (tertiary/aromatic N) is 3. The van der Waals surface area contributed by atoms with E-state index in [1.165, 1.54) is 23.1 Å². The average Bonchev–Trinajstić information content (AvgIpc) is 2.83. The van der Waals surface area contributed by atoms with Crippen LogP contribution in [-0.2, 0) is 13.6 Å². The number of aryl methyl sites for hydroxylation is 1. The summed E-state index contributed by atoms with van der Waals surface area (Å²) in [7, 11) is 3.46. The molecule has 2 rings (SSSR count). The molecule has 0 bridgehead atoms. The Morgan fingerprint density at radius 3 is 2.67 bits per heavy atom. The van der Waals surface area contributed by atoms with Crippen molar-refractivity contribution < 1.29 is 9.72 Å². The van der Waals surface area contributed by atoms with Gasteiger partial charge < -0.3 is 15.2 Å². The molecule has 0 aliphatic heterocycles. The Labute approximate surface area is 121 Å². The number of nitrogens with two attached hydrogens (primary N) is 1. The van der Waals surface area contributed by atoms with Gasteiger partial charge in [-0.1, -0.05) is 6.07 Å². The first-order valence-electron chi connectivity index (χ1n) is 6.30. The lowest BCUT2D eigenvalue weighted by Gasteiger charge is -2.18. The van der Waals surface area contributed by atoms with Gasteiger partial charge in [0.2, 0.25) is 0 Å². The predicted molar refractivity (Wildman–Crippen MR) is 78.7 cm³/mol. The van der Waals surface area contributed by atoms with E-state index in [1.807, 2.05) is 29.9 Å². The third-order valence-electron chi connectivity index (χ3n) is 3.28. The van der Waals surface area contributed by atoms with Crippen molar-refractivity contribution in [1.29, 1.82) is 0 Å². The quantitative estimate of drug-likeness (QED) is 0.527. The van der Waals surface area contributed by atoms with E-state index in [4.69, 9.17) is 5.73 Å². The number of hydrogen-bond acceptors (Lipinski definition) is 4. The number of amides is 1. The van der Waals surface area contributed by atoms with Gasteiger partial charge in [-0.15, -0.1) is 0 Å². The van der Waals surface area contributed by atoms with E-state index in [0.29, 0.717) is 6.54 Å². The molecule has 21 heavy (non-hydrogen) atoms. The molecule has 0 unspecified atom stereocenters. The van der Waals surface area contributed by atoms with Crippen molar-refractivity contribution in [3.05, 3.63) is 57.9 Å². The van der Waals surface area contributed by atoms with Gasteiger partial charge in [0.25, 0.3) is 11.6 Å². The summed E-state index contributed by atoms with van der Waals surface area (Å²) in [6.45, 7) is 0.341. The van der Waals surface area contributed by atoms with Crippen molar-refractivity contribution in [3.8, 4) is 0 Å². The standard InChI is InChI=1S/C14H16N4O3/c1-16-8-4-5-10(16)9-17(2)14(19)13-11(15)6-3-7-12(13)18(20)21/h3-8H,9,15H2,1-2H3. The van der Waals surface area contributed by atoms with Gasteiger partial charge in [-0.3, -0.25) is 14.9 Å². The number of nitro groups is 1. The number of aromatic nitrogens is 1. The van der Waals surface area contributed by atoms with E-state index in [-0.39, 0.29) is 16.9 Å². The Morgan fingerprint density at radius 1 is 1.38 bits per heavy atom. The molecule has 0 spiro atoms. The minimum absolute atomic E-state index is 0.0702.